The second-order valence-electron chi connectivity index (χ2n) is 8.38. The van der Waals surface area contributed by atoms with Crippen LogP contribution in [0.1, 0.15) is 46.5 Å². The number of anilines is 1. The molecule has 2 aliphatic heterocycles. The van der Waals surface area contributed by atoms with Crippen LogP contribution < -0.4 is 9.64 Å². The number of carbonyl (C=O) groups excluding carboxylic acids is 3. The Kier molecular flexibility index (Phi) is 5.53. The van der Waals surface area contributed by atoms with Crippen LogP contribution in [0.4, 0.5) is 5.69 Å². The topological polar surface area (TPSA) is 66.9 Å². The molecule has 146 valence electrons. The first-order valence-electron chi connectivity index (χ1n) is 9.67. The van der Waals surface area contributed by atoms with Crippen LogP contribution in [-0.4, -0.2) is 42.3 Å². The van der Waals surface area contributed by atoms with Gasteiger partial charge >= 0.3 is 5.97 Å². The van der Waals surface area contributed by atoms with E-state index in [0.717, 1.165) is 18.7 Å². The third-order valence-electron chi connectivity index (χ3n) is 5.20. The lowest BCUT2D eigenvalue weighted by Crippen LogP contribution is -2.45. The van der Waals surface area contributed by atoms with E-state index in [1.807, 2.05) is 37.8 Å². The van der Waals surface area contributed by atoms with Crippen LogP contribution in [0.2, 0.25) is 0 Å². The number of hydrogen-bond donors (Lipinski definition) is 0. The van der Waals surface area contributed by atoms with Crippen molar-refractivity contribution >= 4 is 23.5 Å². The molecule has 0 saturated carbocycles. The summed E-state index contributed by atoms with van der Waals surface area (Å²) in [5, 5.41) is 0. The summed E-state index contributed by atoms with van der Waals surface area (Å²) in [5.74, 6) is 0.318. The van der Waals surface area contributed by atoms with Gasteiger partial charge in [0, 0.05) is 37.2 Å². The Morgan fingerprint density at radius 3 is 2.19 bits per heavy atom. The second kappa shape index (κ2) is 7.71. The molecule has 2 saturated heterocycles. The molecular weight excluding hydrogens is 344 g/mol. The molecule has 2 aliphatic rings. The van der Waals surface area contributed by atoms with Crippen LogP contribution >= 0.6 is 0 Å². The molecule has 27 heavy (non-hydrogen) atoms. The Balaban J connectivity index is 1.52. The molecule has 6 heteroatoms. The lowest BCUT2D eigenvalue weighted by atomic mass is 9.91. The standard InChI is InChI=1S/C21H28N2O4/c1-21(2,3)20(26)22-13-10-15(11-14-22)19(25)27-17-8-6-16(7-9-17)23-12-4-5-18(23)24/h6-9,15H,4-5,10-14H2,1-3H3. The van der Waals surface area contributed by atoms with Crippen molar-refractivity contribution < 1.29 is 19.1 Å². The van der Waals surface area contributed by atoms with Crippen molar-refractivity contribution in [2.75, 3.05) is 24.5 Å². The molecule has 0 N–H and O–H groups in total. The number of nitrogens with zero attached hydrogens (tertiary/aromatic N) is 2. The van der Waals surface area contributed by atoms with Crippen LogP contribution in [0.5, 0.6) is 5.75 Å². The zero-order valence-corrected chi connectivity index (χ0v) is 16.4. The highest BCUT2D eigenvalue weighted by Crippen LogP contribution is 2.27. The number of hydrogen-bond acceptors (Lipinski definition) is 4. The first-order valence-corrected chi connectivity index (χ1v) is 9.67. The molecule has 2 fully saturated rings. The lowest BCUT2D eigenvalue weighted by molar-refractivity contribution is -0.146. The van der Waals surface area contributed by atoms with Crippen molar-refractivity contribution in [3.63, 3.8) is 0 Å². The number of piperidine rings is 1. The van der Waals surface area contributed by atoms with Gasteiger partial charge in [0.15, 0.2) is 0 Å². The van der Waals surface area contributed by atoms with Gasteiger partial charge in [-0.15, -0.1) is 0 Å². The average Bonchev–Trinajstić information content (AvgIpc) is 3.07. The van der Waals surface area contributed by atoms with E-state index in [9.17, 15) is 14.4 Å². The van der Waals surface area contributed by atoms with Gasteiger partial charge in [0.2, 0.25) is 11.8 Å². The van der Waals surface area contributed by atoms with E-state index < -0.39 is 5.41 Å². The maximum absolute atomic E-state index is 12.4. The first kappa shape index (κ1) is 19.4. The van der Waals surface area contributed by atoms with E-state index in [-0.39, 0.29) is 23.7 Å². The predicted molar refractivity (Wildman–Crippen MR) is 102 cm³/mol. The summed E-state index contributed by atoms with van der Waals surface area (Å²) in [6.07, 6.45) is 2.72. The molecule has 3 rings (SSSR count). The minimum atomic E-state index is -0.397. The van der Waals surface area contributed by atoms with Crippen molar-refractivity contribution in [2.45, 2.75) is 46.5 Å². The van der Waals surface area contributed by atoms with Gasteiger partial charge in [-0.2, -0.15) is 0 Å². The Labute approximate surface area is 160 Å². The molecule has 2 heterocycles. The molecule has 0 spiro atoms. The first-order chi connectivity index (χ1) is 12.8. The van der Waals surface area contributed by atoms with E-state index >= 15 is 0 Å². The highest BCUT2D eigenvalue weighted by Gasteiger charge is 2.33. The number of amides is 2. The Morgan fingerprint density at radius 1 is 1.04 bits per heavy atom. The number of likely N-dealkylation sites (tertiary alicyclic amines) is 1. The molecule has 0 atom stereocenters. The summed E-state index contributed by atoms with van der Waals surface area (Å²) in [7, 11) is 0. The van der Waals surface area contributed by atoms with E-state index in [1.165, 1.54) is 0 Å². The van der Waals surface area contributed by atoms with Gasteiger partial charge in [-0.1, -0.05) is 20.8 Å². The Bertz CT molecular complexity index is 713. The average molecular weight is 372 g/mol. The largest absolute Gasteiger partial charge is 0.426 e. The summed E-state index contributed by atoms with van der Waals surface area (Å²) in [4.78, 5) is 40.2. The number of esters is 1. The minimum Gasteiger partial charge on any atom is -0.426 e. The van der Waals surface area contributed by atoms with Gasteiger partial charge in [-0.25, -0.2) is 0 Å². The number of benzene rings is 1. The van der Waals surface area contributed by atoms with E-state index in [1.54, 1.807) is 17.0 Å². The van der Waals surface area contributed by atoms with Crippen molar-refractivity contribution in [3.8, 4) is 5.75 Å². The highest BCUT2D eigenvalue weighted by molar-refractivity contribution is 5.95. The minimum absolute atomic E-state index is 0.126. The summed E-state index contributed by atoms with van der Waals surface area (Å²) in [6.45, 7) is 7.65. The SMILES string of the molecule is CC(C)(C)C(=O)N1CCC(C(=O)Oc2ccc(N3CCCC3=O)cc2)CC1. The van der Waals surface area contributed by atoms with Crippen molar-refractivity contribution in [2.24, 2.45) is 11.3 Å². The molecule has 0 radical (unpaired) electrons. The predicted octanol–water partition coefficient (Wildman–Crippen LogP) is 3.00. The van der Waals surface area contributed by atoms with Crippen molar-refractivity contribution in [3.05, 3.63) is 24.3 Å². The van der Waals surface area contributed by atoms with Gasteiger partial charge in [0.25, 0.3) is 0 Å². The van der Waals surface area contributed by atoms with Gasteiger partial charge in [-0.05, 0) is 43.5 Å². The fourth-order valence-electron chi connectivity index (χ4n) is 3.61. The fourth-order valence-corrected chi connectivity index (χ4v) is 3.61. The summed E-state index contributed by atoms with van der Waals surface area (Å²) in [5.41, 5.74) is 0.442. The van der Waals surface area contributed by atoms with Gasteiger partial charge < -0.3 is 14.5 Å². The number of ether oxygens (including phenoxy) is 1. The lowest BCUT2D eigenvalue weighted by Gasteiger charge is -2.34. The maximum Gasteiger partial charge on any atom is 0.314 e. The smallest absolute Gasteiger partial charge is 0.314 e. The molecule has 2 amide bonds. The number of carbonyl (C=O) groups is 3. The summed E-state index contributed by atoms with van der Waals surface area (Å²) in [6, 6.07) is 7.10. The molecular formula is C21H28N2O4. The second-order valence-corrected chi connectivity index (χ2v) is 8.38. The third-order valence-corrected chi connectivity index (χ3v) is 5.20. The van der Waals surface area contributed by atoms with Crippen molar-refractivity contribution in [1.82, 2.24) is 4.90 Å². The maximum atomic E-state index is 12.4. The molecule has 1 aromatic carbocycles. The fraction of sp³-hybridized carbons (Fsp3) is 0.571. The van der Waals surface area contributed by atoms with Crippen molar-refractivity contribution in [1.29, 1.82) is 0 Å². The number of rotatable bonds is 3. The zero-order chi connectivity index (χ0) is 19.6. The van der Waals surface area contributed by atoms with Crippen LogP contribution in [0, 0.1) is 11.3 Å². The molecule has 0 bridgehead atoms. The normalized spacial score (nSPS) is 18.7. The van der Waals surface area contributed by atoms with Gasteiger partial charge in [-0.3, -0.25) is 14.4 Å². The van der Waals surface area contributed by atoms with Crippen LogP contribution in [0.15, 0.2) is 24.3 Å². The van der Waals surface area contributed by atoms with E-state index in [2.05, 4.69) is 0 Å². The van der Waals surface area contributed by atoms with Crippen LogP contribution in [0.3, 0.4) is 0 Å². The zero-order valence-electron chi connectivity index (χ0n) is 16.4. The third kappa shape index (κ3) is 4.49. The van der Waals surface area contributed by atoms with Crippen LogP contribution in [-0.2, 0) is 14.4 Å². The Morgan fingerprint density at radius 2 is 1.67 bits per heavy atom. The summed E-state index contributed by atoms with van der Waals surface area (Å²) >= 11 is 0. The highest BCUT2D eigenvalue weighted by atomic mass is 16.5. The summed E-state index contributed by atoms with van der Waals surface area (Å²) < 4.78 is 5.52. The molecule has 0 unspecified atom stereocenters. The van der Waals surface area contributed by atoms with Crippen LogP contribution in [0.25, 0.3) is 0 Å². The molecule has 0 aromatic heterocycles. The quantitative estimate of drug-likeness (QED) is 0.604. The molecule has 0 aliphatic carbocycles. The molecule has 1 aromatic rings. The van der Waals surface area contributed by atoms with E-state index in [4.69, 9.17) is 4.74 Å². The van der Waals surface area contributed by atoms with Gasteiger partial charge in [0.05, 0.1) is 5.92 Å². The van der Waals surface area contributed by atoms with E-state index in [0.29, 0.717) is 38.1 Å². The molecule has 6 nitrogen and oxygen atoms in total. The Hall–Kier alpha value is -2.37. The monoisotopic (exact) mass is 372 g/mol. The van der Waals surface area contributed by atoms with Gasteiger partial charge in [0.1, 0.15) is 5.75 Å².